The third-order valence-corrected chi connectivity index (χ3v) is 5.38. The van der Waals surface area contributed by atoms with Crippen molar-refractivity contribution in [3.05, 3.63) is 23.8 Å². The predicted octanol–water partition coefficient (Wildman–Crippen LogP) is 3.43. The normalized spacial score (nSPS) is 25.9. The quantitative estimate of drug-likeness (QED) is 0.522. The summed E-state index contributed by atoms with van der Waals surface area (Å²) in [4.78, 5) is 39.7. The molecule has 2 rings (SSSR count). The summed E-state index contributed by atoms with van der Waals surface area (Å²) in [6.45, 7) is 11.7. The molecule has 1 aliphatic carbocycles. The maximum absolute atomic E-state index is 13.3. The SMILES string of the molecule is COc1ccc([C@@H]2[C@@H](C(=O)OC(C)(C)C)C(=O)C[C@@](C)(O)[C@@H]2C(=O)OC(C)(C)C)cc1OC. The lowest BCUT2D eigenvalue weighted by atomic mass is 9.61. The predicted molar refractivity (Wildman–Crippen MR) is 121 cm³/mol. The Morgan fingerprint density at radius 3 is 1.94 bits per heavy atom. The summed E-state index contributed by atoms with van der Waals surface area (Å²) < 4.78 is 21.9. The minimum atomic E-state index is -1.74. The first-order valence-electron chi connectivity index (χ1n) is 10.9. The Morgan fingerprint density at radius 1 is 0.939 bits per heavy atom. The largest absolute Gasteiger partial charge is 0.493 e. The highest BCUT2D eigenvalue weighted by Gasteiger charge is 2.58. The number of ketones is 1. The molecule has 184 valence electrons. The number of methoxy groups -OCH3 is 2. The second-order valence-electron chi connectivity index (χ2n) is 10.7. The average molecular weight is 465 g/mol. The zero-order chi connectivity index (χ0) is 25.4. The second kappa shape index (κ2) is 9.33. The van der Waals surface area contributed by atoms with E-state index in [1.165, 1.54) is 21.1 Å². The number of carbonyl (C=O) groups excluding carboxylic acids is 3. The molecule has 1 aromatic rings. The van der Waals surface area contributed by atoms with Gasteiger partial charge in [0.25, 0.3) is 0 Å². The van der Waals surface area contributed by atoms with Gasteiger partial charge in [-0.3, -0.25) is 14.4 Å². The van der Waals surface area contributed by atoms with Gasteiger partial charge >= 0.3 is 11.9 Å². The van der Waals surface area contributed by atoms with Crippen LogP contribution in [-0.4, -0.2) is 53.9 Å². The smallest absolute Gasteiger partial charge is 0.317 e. The highest BCUT2D eigenvalue weighted by atomic mass is 16.6. The lowest BCUT2D eigenvalue weighted by molar-refractivity contribution is -0.182. The average Bonchev–Trinajstić information content (AvgIpc) is 2.62. The molecule has 8 nitrogen and oxygen atoms in total. The highest BCUT2D eigenvalue weighted by molar-refractivity contribution is 6.03. The van der Waals surface area contributed by atoms with Crippen LogP contribution in [0, 0.1) is 11.8 Å². The van der Waals surface area contributed by atoms with Crippen molar-refractivity contribution in [2.24, 2.45) is 11.8 Å². The van der Waals surface area contributed by atoms with E-state index in [1.54, 1.807) is 59.7 Å². The Kier molecular flexibility index (Phi) is 7.53. The molecule has 33 heavy (non-hydrogen) atoms. The van der Waals surface area contributed by atoms with Gasteiger partial charge in [-0.25, -0.2) is 0 Å². The molecular weight excluding hydrogens is 428 g/mol. The van der Waals surface area contributed by atoms with E-state index in [9.17, 15) is 19.5 Å². The fourth-order valence-electron chi connectivity index (χ4n) is 4.21. The van der Waals surface area contributed by atoms with Crippen LogP contribution >= 0.6 is 0 Å². The molecule has 8 heteroatoms. The standard InChI is InChI=1S/C25H36O8/c1-23(2,3)32-21(27)19-15(26)13-25(7,29)20(22(28)33-24(4,5)6)18(19)14-10-11-16(30-8)17(12-14)31-9/h10-12,18-20,29H,13H2,1-9H3/t18-,19+,20+,25-/m1/s1. The van der Waals surface area contributed by atoms with E-state index in [0.29, 0.717) is 17.1 Å². The summed E-state index contributed by atoms with van der Waals surface area (Å²) >= 11 is 0. The fourth-order valence-corrected chi connectivity index (χ4v) is 4.21. The molecule has 0 spiro atoms. The lowest BCUT2D eigenvalue weighted by Crippen LogP contribution is -2.56. The molecule has 1 N–H and O–H groups in total. The topological polar surface area (TPSA) is 108 Å². The first-order valence-corrected chi connectivity index (χ1v) is 10.9. The first kappa shape index (κ1) is 26.6. The minimum Gasteiger partial charge on any atom is -0.493 e. The maximum Gasteiger partial charge on any atom is 0.317 e. The summed E-state index contributed by atoms with van der Waals surface area (Å²) in [5, 5.41) is 11.2. The Labute approximate surface area is 195 Å². The van der Waals surface area contributed by atoms with Crippen LogP contribution in [-0.2, 0) is 23.9 Å². The van der Waals surface area contributed by atoms with E-state index >= 15 is 0 Å². The van der Waals surface area contributed by atoms with Crippen molar-refractivity contribution in [3.8, 4) is 11.5 Å². The van der Waals surface area contributed by atoms with Crippen LogP contribution in [0.4, 0.5) is 0 Å². The van der Waals surface area contributed by atoms with Crippen molar-refractivity contribution >= 4 is 17.7 Å². The van der Waals surface area contributed by atoms with E-state index in [0.717, 1.165) is 0 Å². The molecule has 0 saturated heterocycles. The molecule has 0 radical (unpaired) electrons. The van der Waals surface area contributed by atoms with Crippen molar-refractivity contribution in [1.82, 2.24) is 0 Å². The van der Waals surface area contributed by atoms with E-state index < -0.39 is 52.3 Å². The summed E-state index contributed by atoms with van der Waals surface area (Å²) in [6, 6.07) is 4.88. The lowest BCUT2D eigenvalue weighted by Gasteiger charge is -2.44. The van der Waals surface area contributed by atoms with Crippen molar-refractivity contribution in [2.45, 2.75) is 77.6 Å². The van der Waals surface area contributed by atoms with Crippen LogP contribution in [0.15, 0.2) is 18.2 Å². The number of aliphatic hydroxyl groups is 1. The van der Waals surface area contributed by atoms with E-state index in [4.69, 9.17) is 18.9 Å². The van der Waals surface area contributed by atoms with Crippen molar-refractivity contribution in [2.75, 3.05) is 14.2 Å². The molecule has 0 aliphatic heterocycles. The van der Waals surface area contributed by atoms with Gasteiger partial charge in [0.15, 0.2) is 17.3 Å². The minimum absolute atomic E-state index is 0.360. The van der Waals surface area contributed by atoms with Gasteiger partial charge in [0.05, 0.1) is 25.7 Å². The maximum atomic E-state index is 13.3. The van der Waals surface area contributed by atoms with Crippen molar-refractivity contribution in [3.63, 3.8) is 0 Å². The molecule has 0 amide bonds. The number of esters is 2. The van der Waals surface area contributed by atoms with Crippen LogP contribution in [0.5, 0.6) is 11.5 Å². The van der Waals surface area contributed by atoms with Gasteiger partial charge in [-0.1, -0.05) is 6.07 Å². The third-order valence-electron chi connectivity index (χ3n) is 5.38. The molecule has 0 unspecified atom stereocenters. The molecule has 1 aliphatic rings. The van der Waals surface area contributed by atoms with Gasteiger partial charge in [0, 0.05) is 12.3 Å². The number of ether oxygens (including phenoxy) is 4. The van der Waals surface area contributed by atoms with Gasteiger partial charge in [-0.2, -0.15) is 0 Å². The Morgan fingerprint density at radius 2 is 1.45 bits per heavy atom. The molecule has 0 aromatic heterocycles. The molecule has 1 fully saturated rings. The summed E-state index contributed by atoms with van der Waals surface area (Å²) in [5.41, 5.74) is -2.97. The number of hydrogen-bond donors (Lipinski definition) is 1. The zero-order valence-corrected chi connectivity index (χ0v) is 21.0. The number of carbonyl (C=O) groups is 3. The molecule has 0 heterocycles. The number of rotatable bonds is 5. The Bertz CT molecular complexity index is 904. The van der Waals surface area contributed by atoms with E-state index in [2.05, 4.69) is 0 Å². The van der Waals surface area contributed by atoms with Gasteiger partial charge in [0.1, 0.15) is 17.1 Å². The van der Waals surface area contributed by atoms with Crippen LogP contribution in [0.1, 0.15) is 66.4 Å². The monoisotopic (exact) mass is 464 g/mol. The first-order chi connectivity index (χ1) is 15.0. The van der Waals surface area contributed by atoms with Gasteiger partial charge in [-0.05, 0) is 66.2 Å². The molecule has 1 aromatic carbocycles. The number of benzene rings is 1. The molecule has 4 atom stereocenters. The van der Waals surface area contributed by atoms with Gasteiger partial charge in [-0.15, -0.1) is 0 Å². The Hall–Kier alpha value is -2.61. The number of hydrogen-bond acceptors (Lipinski definition) is 8. The number of Topliss-reactive ketones (excluding diaryl/α,β-unsaturated/α-hetero) is 1. The van der Waals surface area contributed by atoms with Gasteiger partial charge in [0.2, 0.25) is 0 Å². The Balaban J connectivity index is 2.72. The molecular formula is C25H36O8. The third kappa shape index (κ3) is 6.25. The molecule has 0 bridgehead atoms. The fraction of sp³-hybridized carbons (Fsp3) is 0.640. The molecule has 1 saturated carbocycles. The van der Waals surface area contributed by atoms with Crippen LogP contribution < -0.4 is 9.47 Å². The van der Waals surface area contributed by atoms with E-state index in [-0.39, 0.29) is 6.42 Å². The van der Waals surface area contributed by atoms with Crippen LogP contribution in [0.3, 0.4) is 0 Å². The summed E-state index contributed by atoms with van der Waals surface area (Å²) in [7, 11) is 2.94. The zero-order valence-electron chi connectivity index (χ0n) is 21.0. The van der Waals surface area contributed by atoms with Crippen LogP contribution in [0.25, 0.3) is 0 Å². The summed E-state index contributed by atoms with van der Waals surface area (Å²) in [5.74, 6) is -4.70. The van der Waals surface area contributed by atoms with E-state index in [1.807, 2.05) is 0 Å². The van der Waals surface area contributed by atoms with Gasteiger partial charge < -0.3 is 24.1 Å². The van der Waals surface area contributed by atoms with Crippen molar-refractivity contribution in [1.29, 1.82) is 0 Å². The van der Waals surface area contributed by atoms with Crippen LogP contribution in [0.2, 0.25) is 0 Å². The van der Waals surface area contributed by atoms with Crippen molar-refractivity contribution < 1.29 is 38.4 Å². The second-order valence-corrected chi connectivity index (χ2v) is 10.7. The summed E-state index contributed by atoms with van der Waals surface area (Å²) in [6.07, 6.45) is -0.384. The highest BCUT2D eigenvalue weighted by Crippen LogP contribution is 2.48.